The molecule has 252 valence electrons. The first-order chi connectivity index (χ1) is 22.1. The Morgan fingerprint density at radius 2 is 1.78 bits per heavy atom. The van der Waals surface area contributed by atoms with E-state index in [1.54, 1.807) is 33.7 Å². The van der Waals surface area contributed by atoms with Gasteiger partial charge in [-0.2, -0.15) is 0 Å². The Morgan fingerprint density at radius 1 is 1.11 bits per heavy atom. The predicted octanol–water partition coefficient (Wildman–Crippen LogP) is 5.70. The lowest BCUT2D eigenvalue weighted by molar-refractivity contribution is -0.147. The minimum Gasteiger partial charge on any atom is -0.494 e. The molecule has 2 bridgehead atoms. The summed E-state index contributed by atoms with van der Waals surface area (Å²) in [6.07, 6.45) is 10.0. The molecule has 1 spiro atoms. The van der Waals surface area contributed by atoms with Crippen LogP contribution < -0.4 is 9.64 Å². The highest BCUT2D eigenvalue weighted by Gasteiger charge is 2.77. The molecule has 4 fully saturated rings. The summed E-state index contributed by atoms with van der Waals surface area (Å²) in [4.78, 5) is 50.1. The van der Waals surface area contributed by atoms with Gasteiger partial charge < -0.3 is 24.5 Å². The average molecular weight is 652 g/mol. The Hall–Kier alpha value is -2.78. The number of ether oxygens (including phenoxy) is 1. The van der Waals surface area contributed by atoms with Crippen molar-refractivity contribution in [1.29, 1.82) is 0 Å². The molecule has 8 nitrogen and oxygen atoms in total. The maximum absolute atomic E-state index is 15.1. The molecular weight excluding hydrogens is 598 g/mol. The largest absolute Gasteiger partial charge is 0.494 e. The Bertz CT molecular complexity index is 1280. The third-order valence-corrected chi connectivity index (χ3v) is 12.8. The monoisotopic (exact) mass is 651 g/mol. The minimum absolute atomic E-state index is 0.0487. The zero-order valence-corrected chi connectivity index (χ0v) is 28.9. The molecule has 9 heteroatoms. The molecule has 46 heavy (non-hydrogen) atoms. The van der Waals surface area contributed by atoms with Gasteiger partial charge in [0.15, 0.2) is 0 Å². The maximum atomic E-state index is 15.1. The number of fused-ring (bicyclic) bond motifs is 1. The summed E-state index contributed by atoms with van der Waals surface area (Å²) >= 11 is 1.70. The summed E-state index contributed by atoms with van der Waals surface area (Å²) in [5.74, 6) is -0.567. The van der Waals surface area contributed by atoms with Crippen molar-refractivity contribution >= 4 is 35.2 Å². The molecule has 3 heterocycles. The fraction of sp³-hybridized carbons (Fsp3) is 0.649. The molecule has 1 N–H and O–H groups in total. The molecule has 3 aliphatic heterocycles. The summed E-state index contributed by atoms with van der Waals surface area (Å²) in [5, 5.41) is 10.7. The Kier molecular flexibility index (Phi) is 10.9. The third kappa shape index (κ3) is 6.02. The van der Waals surface area contributed by atoms with Gasteiger partial charge in [0.05, 0.1) is 35.8 Å². The van der Waals surface area contributed by atoms with Crippen molar-refractivity contribution in [1.82, 2.24) is 9.80 Å². The normalized spacial score (nSPS) is 29.5. The molecule has 1 aromatic rings. The van der Waals surface area contributed by atoms with E-state index in [0.29, 0.717) is 26.1 Å². The summed E-state index contributed by atoms with van der Waals surface area (Å²) < 4.78 is 4.88. The van der Waals surface area contributed by atoms with E-state index in [4.69, 9.17) is 4.74 Å². The highest BCUT2D eigenvalue weighted by molar-refractivity contribution is 8.02. The van der Waals surface area contributed by atoms with Gasteiger partial charge in [0.2, 0.25) is 17.7 Å². The SMILES string of the molecule is C=CCN(C(=O)[C@@H]1[C@H]2C(=O)N([C@@H](CO)CC(C)C)C(C(=O)N(CC=C)C3CCCCC3)C23S[C@@H]1CC3C)c1ccc(OCC)cc1. The fourth-order valence-corrected chi connectivity index (χ4v) is 11.3. The number of carbonyl (C=O) groups excluding carboxylic acids is 3. The van der Waals surface area contributed by atoms with Gasteiger partial charge in [0.1, 0.15) is 11.8 Å². The number of likely N-dealkylation sites (tertiary alicyclic amines) is 1. The quantitative estimate of drug-likeness (QED) is 0.260. The van der Waals surface area contributed by atoms with Crippen LogP contribution in [-0.2, 0) is 14.4 Å². The minimum atomic E-state index is -0.754. The number of anilines is 1. The number of thioether (sulfide) groups is 1. The van der Waals surface area contributed by atoms with Crippen molar-refractivity contribution in [2.45, 2.75) is 101 Å². The van der Waals surface area contributed by atoms with Gasteiger partial charge in [-0.1, -0.05) is 52.2 Å². The van der Waals surface area contributed by atoms with Crippen LogP contribution in [0.4, 0.5) is 5.69 Å². The van der Waals surface area contributed by atoms with Crippen LogP contribution in [0.1, 0.15) is 72.6 Å². The number of carbonyl (C=O) groups is 3. The molecular formula is C37H53N3O5S. The molecule has 5 rings (SSSR count). The van der Waals surface area contributed by atoms with Crippen molar-refractivity contribution in [3.05, 3.63) is 49.6 Å². The second-order valence-corrected chi connectivity index (χ2v) is 15.5. The van der Waals surface area contributed by atoms with E-state index < -0.39 is 28.7 Å². The van der Waals surface area contributed by atoms with Gasteiger partial charge in [0, 0.05) is 30.1 Å². The molecule has 3 unspecified atom stereocenters. The Balaban J connectivity index is 1.58. The molecule has 0 radical (unpaired) electrons. The van der Waals surface area contributed by atoms with Gasteiger partial charge in [0.25, 0.3) is 0 Å². The second kappa shape index (κ2) is 14.5. The van der Waals surface area contributed by atoms with Gasteiger partial charge in [-0.25, -0.2) is 0 Å². The second-order valence-electron chi connectivity index (χ2n) is 14.0. The van der Waals surface area contributed by atoms with Crippen LogP contribution in [0, 0.1) is 23.7 Å². The number of amides is 3. The predicted molar refractivity (Wildman–Crippen MR) is 185 cm³/mol. The molecule has 0 aromatic heterocycles. The smallest absolute Gasteiger partial charge is 0.247 e. The van der Waals surface area contributed by atoms with Crippen molar-refractivity contribution in [2.24, 2.45) is 23.7 Å². The standard InChI is InChI=1S/C37H53N3O5S/c1-7-19-38(27-15-17-29(18-16-27)45-9-3)34(42)31-30-22-25(6)37(46-30)32(31)35(43)40(28(23-41)21-24(4)5)33(37)36(44)39(20-8-2)26-13-11-10-12-14-26/h7-8,15-18,24-26,28,30-33,41H,1-2,9-14,19-23H2,3-6H3/t25?,28-,30-,31+,32+,33?,37?/m1/s1. The first kappa shape index (κ1) is 34.6. The Labute approximate surface area is 279 Å². The summed E-state index contributed by atoms with van der Waals surface area (Å²) in [7, 11) is 0. The lowest BCUT2D eigenvalue weighted by Gasteiger charge is -2.44. The van der Waals surface area contributed by atoms with Gasteiger partial charge in [-0.3, -0.25) is 14.4 Å². The van der Waals surface area contributed by atoms with Crippen molar-refractivity contribution in [3.8, 4) is 5.75 Å². The molecule has 3 saturated heterocycles. The summed E-state index contributed by atoms with van der Waals surface area (Å²) in [6.45, 7) is 17.2. The van der Waals surface area contributed by atoms with Crippen LogP contribution in [0.3, 0.4) is 0 Å². The van der Waals surface area contributed by atoms with Gasteiger partial charge >= 0.3 is 0 Å². The lowest BCUT2D eigenvalue weighted by Crippen LogP contribution is -2.61. The number of rotatable bonds is 14. The van der Waals surface area contributed by atoms with E-state index in [1.165, 1.54) is 6.42 Å². The van der Waals surface area contributed by atoms with Gasteiger partial charge in [-0.15, -0.1) is 24.9 Å². The van der Waals surface area contributed by atoms with E-state index in [1.807, 2.05) is 36.1 Å². The Morgan fingerprint density at radius 3 is 2.37 bits per heavy atom. The average Bonchev–Trinajstić information content (AvgIpc) is 3.65. The molecule has 1 aromatic carbocycles. The third-order valence-electron chi connectivity index (χ3n) is 10.7. The van der Waals surface area contributed by atoms with E-state index in [0.717, 1.165) is 43.5 Å². The number of aliphatic hydroxyl groups is 1. The van der Waals surface area contributed by atoms with Crippen molar-refractivity contribution in [2.75, 3.05) is 31.2 Å². The van der Waals surface area contributed by atoms with Crippen LogP contribution >= 0.6 is 11.8 Å². The number of hydrogen-bond donors (Lipinski definition) is 1. The first-order valence-electron chi connectivity index (χ1n) is 17.3. The highest BCUT2D eigenvalue weighted by atomic mass is 32.2. The van der Waals surface area contributed by atoms with E-state index in [9.17, 15) is 14.7 Å². The van der Waals surface area contributed by atoms with E-state index in [-0.39, 0.29) is 47.5 Å². The van der Waals surface area contributed by atoms with Crippen LogP contribution in [0.15, 0.2) is 49.6 Å². The van der Waals surface area contributed by atoms with Crippen molar-refractivity contribution in [3.63, 3.8) is 0 Å². The van der Waals surface area contributed by atoms with Crippen LogP contribution in [0.5, 0.6) is 5.75 Å². The molecule has 4 aliphatic rings. The van der Waals surface area contributed by atoms with Crippen LogP contribution in [0.2, 0.25) is 0 Å². The topological polar surface area (TPSA) is 90.4 Å². The fourth-order valence-electron chi connectivity index (χ4n) is 8.86. The number of aliphatic hydroxyl groups excluding tert-OH is 1. The zero-order valence-electron chi connectivity index (χ0n) is 28.1. The molecule has 3 amide bonds. The molecule has 1 aliphatic carbocycles. The first-order valence-corrected chi connectivity index (χ1v) is 18.2. The number of benzene rings is 1. The highest BCUT2D eigenvalue weighted by Crippen LogP contribution is 2.69. The van der Waals surface area contributed by atoms with E-state index >= 15 is 4.79 Å². The number of nitrogens with zero attached hydrogens (tertiary/aromatic N) is 3. The van der Waals surface area contributed by atoms with Gasteiger partial charge in [-0.05, 0) is 68.7 Å². The molecule has 1 saturated carbocycles. The van der Waals surface area contributed by atoms with Crippen LogP contribution in [0.25, 0.3) is 0 Å². The van der Waals surface area contributed by atoms with E-state index in [2.05, 4.69) is 33.9 Å². The van der Waals surface area contributed by atoms with Crippen molar-refractivity contribution < 1.29 is 24.2 Å². The zero-order chi connectivity index (χ0) is 33.2. The van der Waals surface area contributed by atoms with Crippen LogP contribution in [-0.4, -0.2) is 87.1 Å². The maximum Gasteiger partial charge on any atom is 0.247 e. The lowest BCUT2D eigenvalue weighted by atomic mass is 9.65. The number of hydrogen-bond acceptors (Lipinski definition) is 6. The summed E-state index contributed by atoms with van der Waals surface area (Å²) in [5.41, 5.74) is 0.723. The summed E-state index contributed by atoms with van der Waals surface area (Å²) in [6, 6.07) is 6.32. The molecule has 7 atom stereocenters.